The summed E-state index contributed by atoms with van der Waals surface area (Å²) in [5, 5.41) is 7.99. The van der Waals surface area contributed by atoms with Gasteiger partial charge in [-0.05, 0) is 18.9 Å². The van der Waals surface area contributed by atoms with Crippen molar-refractivity contribution in [2.45, 2.75) is 32.9 Å². The van der Waals surface area contributed by atoms with Crippen LogP contribution < -0.4 is 0 Å². The van der Waals surface area contributed by atoms with Gasteiger partial charge in [0.2, 0.25) is 0 Å². The molecule has 0 N–H and O–H groups in total. The summed E-state index contributed by atoms with van der Waals surface area (Å²) in [7, 11) is 1.80. The fourth-order valence-corrected chi connectivity index (χ4v) is 1.90. The van der Waals surface area contributed by atoms with Gasteiger partial charge >= 0.3 is 0 Å². The molecular weight excluding hydrogens is 252 g/mol. The topological polar surface area (TPSA) is 51.0 Å². The number of rotatable bonds is 5. The van der Waals surface area contributed by atoms with Gasteiger partial charge in [0.1, 0.15) is 0 Å². The first-order valence-corrected chi connectivity index (χ1v) is 6.83. The second-order valence-electron chi connectivity index (χ2n) is 4.96. The highest BCUT2D eigenvalue weighted by atomic mass is 16.2. The number of benzene rings is 1. The zero-order chi connectivity index (χ0) is 14.5. The molecule has 1 amide bonds. The summed E-state index contributed by atoms with van der Waals surface area (Å²) in [4.78, 5) is 13.9. The van der Waals surface area contributed by atoms with Crippen LogP contribution in [0.4, 0.5) is 0 Å². The Morgan fingerprint density at radius 1 is 1.35 bits per heavy atom. The lowest BCUT2D eigenvalue weighted by Gasteiger charge is -2.22. The van der Waals surface area contributed by atoms with Gasteiger partial charge in [-0.25, -0.2) is 4.68 Å². The molecule has 1 unspecified atom stereocenters. The lowest BCUT2D eigenvalue weighted by atomic mass is 10.2. The summed E-state index contributed by atoms with van der Waals surface area (Å²) < 4.78 is 1.69. The van der Waals surface area contributed by atoms with E-state index in [1.807, 2.05) is 37.3 Å². The Balaban J connectivity index is 2.07. The Morgan fingerprint density at radius 2 is 2.05 bits per heavy atom. The Hall–Kier alpha value is -2.17. The zero-order valence-electron chi connectivity index (χ0n) is 12.2. The monoisotopic (exact) mass is 272 g/mol. The Kier molecular flexibility index (Phi) is 4.50. The van der Waals surface area contributed by atoms with Gasteiger partial charge in [-0.15, -0.1) is 5.10 Å². The van der Waals surface area contributed by atoms with E-state index in [2.05, 4.69) is 17.2 Å². The molecule has 0 aliphatic rings. The van der Waals surface area contributed by atoms with Gasteiger partial charge in [0, 0.05) is 13.1 Å². The summed E-state index contributed by atoms with van der Waals surface area (Å²) in [6, 6.07) is 10.2. The Labute approximate surface area is 119 Å². The van der Waals surface area contributed by atoms with Crippen LogP contribution in [0.25, 0.3) is 0 Å². The van der Waals surface area contributed by atoms with E-state index in [0.717, 1.165) is 12.0 Å². The van der Waals surface area contributed by atoms with Crippen LogP contribution in [-0.2, 0) is 6.54 Å². The average Bonchev–Trinajstić information content (AvgIpc) is 2.94. The maximum Gasteiger partial charge on any atom is 0.276 e. The van der Waals surface area contributed by atoms with Crippen molar-refractivity contribution in [2.24, 2.45) is 0 Å². The molecule has 0 saturated carbocycles. The number of hydrogen-bond acceptors (Lipinski definition) is 3. The van der Waals surface area contributed by atoms with Crippen LogP contribution in [0.5, 0.6) is 0 Å². The number of carbonyl (C=O) groups is 1. The molecule has 0 fully saturated rings. The van der Waals surface area contributed by atoms with Crippen LogP contribution >= 0.6 is 0 Å². The summed E-state index contributed by atoms with van der Waals surface area (Å²) in [6.45, 7) is 4.70. The van der Waals surface area contributed by atoms with E-state index in [-0.39, 0.29) is 11.9 Å². The molecule has 106 valence electrons. The van der Waals surface area contributed by atoms with Crippen molar-refractivity contribution in [3.8, 4) is 0 Å². The van der Waals surface area contributed by atoms with E-state index in [0.29, 0.717) is 12.2 Å². The molecule has 20 heavy (non-hydrogen) atoms. The lowest BCUT2D eigenvalue weighted by molar-refractivity contribution is 0.0734. The molecule has 1 aromatic heterocycles. The molecule has 0 bridgehead atoms. The van der Waals surface area contributed by atoms with E-state index in [4.69, 9.17) is 0 Å². The van der Waals surface area contributed by atoms with E-state index >= 15 is 0 Å². The van der Waals surface area contributed by atoms with Crippen molar-refractivity contribution in [2.75, 3.05) is 7.05 Å². The van der Waals surface area contributed by atoms with E-state index in [1.54, 1.807) is 22.8 Å². The molecule has 1 atom stereocenters. The SMILES string of the molecule is CCC(C)N(C)C(=O)c1cn(Cc2ccccc2)nn1. The molecule has 0 saturated heterocycles. The minimum Gasteiger partial charge on any atom is -0.338 e. The molecule has 0 spiro atoms. The van der Waals surface area contributed by atoms with E-state index < -0.39 is 0 Å². The van der Waals surface area contributed by atoms with Gasteiger partial charge in [-0.1, -0.05) is 42.5 Å². The number of carbonyl (C=O) groups excluding carboxylic acids is 1. The number of nitrogens with zero attached hydrogens (tertiary/aromatic N) is 4. The molecule has 0 aliphatic carbocycles. The molecule has 1 heterocycles. The molecule has 2 aromatic rings. The van der Waals surface area contributed by atoms with E-state index in [1.165, 1.54) is 0 Å². The minimum absolute atomic E-state index is 0.0846. The Bertz CT molecular complexity index is 564. The van der Waals surface area contributed by atoms with Crippen LogP contribution in [0.2, 0.25) is 0 Å². The maximum absolute atomic E-state index is 12.2. The molecule has 1 aromatic carbocycles. The number of amides is 1. The third-order valence-electron chi connectivity index (χ3n) is 3.52. The fraction of sp³-hybridized carbons (Fsp3) is 0.400. The second-order valence-corrected chi connectivity index (χ2v) is 4.96. The van der Waals surface area contributed by atoms with Gasteiger partial charge in [-0.2, -0.15) is 0 Å². The van der Waals surface area contributed by atoms with Gasteiger partial charge in [0.25, 0.3) is 5.91 Å². The summed E-state index contributed by atoms with van der Waals surface area (Å²) >= 11 is 0. The lowest BCUT2D eigenvalue weighted by Crippen LogP contribution is -2.34. The van der Waals surface area contributed by atoms with Crippen LogP contribution in [0.1, 0.15) is 36.3 Å². The van der Waals surface area contributed by atoms with Crippen molar-refractivity contribution in [1.82, 2.24) is 19.9 Å². The predicted octanol–water partition coefficient (Wildman–Crippen LogP) is 2.20. The van der Waals surface area contributed by atoms with Crippen LogP contribution in [0.15, 0.2) is 36.5 Å². The maximum atomic E-state index is 12.2. The van der Waals surface area contributed by atoms with Gasteiger partial charge in [-0.3, -0.25) is 4.79 Å². The first kappa shape index (κ1) is 14.2. The van der Waals surface area contributed by atoms with Crippen molar-refractivity contribution in [3.05, 3.63) is 47.8 Å². The normalized spacial score (nSPS) is 12.2. The van der Waals surface area contributed by atoms with Crippen LogP contribution in [0, 0.1) is 0 Å². The van der Waals surface area contributed by atoms with Gasteiger partial charge in [0.05, 0.1) is 12.7 Å². The molecule has 5 nitrogen and oxygen atoms in total. The third kappa shape index (κ3) is 3.23. The van der Waals surface area contributed by atoms with Crippen LogP contribution in [-0.4, -0.2) is 38.9 Å². The number of aromatic nitrogens is 3. The third-order valence-corrected chi connectivity index (χ3v) is 3.52. The summed E-state index contributed by atoms with van der Waals surface area (Å²) in [5.41, 5.74) is 1.52. The highest BCUT2D eigenvalue weighted by Gasteiger charge is 2.19. The first-order chi connectivity index (χ1) is 9.61. The predicted molar refractivity (Wildman–Crippen MR) is 77.4 cm³/mol. The molecule has 5 heteroatoms. The highest BCUT2D eigenvalue weighted by molar-refractivity contribution is 5.91. The molecule has 2 rings (SSSR count). The quantitative estimate of drug-likeness (QED) is 0.838. The van der Waals surface area contributed by atoms with E-state index in [9.17, 15) is 4.79 Å². The van der Waals surface area contributed by atoms with Crippen LogP contribution in [0.3, 0.4) is 0 Å². The highest BCUT2D eigenvalue weighted by Crippen LogP contribution is 2.07. The molecule has 0 radical (unpaired) electrons. The minimum atomic E-state index is -0.0846. The largest absolute Gasteiger partial charge is 0.338 e. The van der Waals surface area contributed by atoms with Crippen molar-refractivity contribution in [3.63, 3.8) is 0 Å². The van der Waals surface area contributed by atoms with Gasteiger partial charge < -0.3 is 4.90 Å². The summed E-state index contributed by atoms with van der Waals surface area (Å²) in [5.74, 6) is -0.0846. The summed E-state index contributed by atoms with van der Waals surface area (Å²) in [6.07, 6.45) is 2.62. The van der Waals surface area contributed by atoms with Crippen molar-refractivity contribution >= 4 is 5.91 Å². The fourth-order valence-electron chi connectivity index (χ4n) is 1.90. The Morgan fingerprint density at radius 3 is 2.70 bits per heavy atom. The van der Waals surface area contributed by atoms with Crippen molar-refractivity contribution in [1.29, 1.82) is 0 Å². The molecular formula is C15H20N4O. The van der Waals surface area contributed by atoms with Gasteiger partial charge in [0.15, 0.2) is 5.69 Å². The number of hydrogen-bond donors (Lipinski definition) is 0. The van der Waals surface area contributed by atoms with Crippen molar-refractivity contribution < 1.29 is 4.79 Å². The average molecular weight is 272 g/mol. The zero-order valence-corrected chi connectivity index (χ0v) is 12.2. The standard InChI is InChI=1S/C15H20N4O/c1-4-12(2)18(3)15(20)14-11-19(17-16-14)10-13-8-6-5-7-9-13/h5-9,11-12H,4,10H2,1-3H3. The smallest absolute Gasteiger partial charge is 0.276 e. The first-order valence-electron chi connectivity index (χ1n) is 6.83. The second kappa shape index (κ2) is 6.32. The molecule has 0 aliphatic heterocycles.